The van der Waals surface area contributed by atoms with Gasteiger partial charge in [0.05, 0.1) is 19.3 Å². The Morgan fingerprint density at radius 3 is 2.58 bits per heavy atom. The van der Waals surface area contributed by atoms with E-state index < -0.39 is 0 Å². The molecule has 0 saturated heterocycles. The van der Waals surface area contributed by atoms with Crippen LogP contribution < -0.4 is 10.1 Å². The van der Waals surface area contributed by atoms with E-state index in [-0.39, 0.29) is 5.91 Å². The van der Waals surface area contributed by atoms with E-state index >= 15 is 0 Å². The topological polar surface area (TPSA) is 69.0 Å². The van der Waals surface area contributed by atoms with Crippen molar-refractivity contribution in [2.45, 2.75) is 6.54 Å². The zero-order valence-electron chi connectivity index (χ0n) is 13.3. The van der Waals surface area contributed by atoms with Gasteiger partial charge in [0.2, 0.25) is 0 Å². The third kappa shape index (κ3) is 3.78. The molecule has 0 atom stereocenters. The first-order valence-corrected chi connectivity index (χ1v) is 7.62. The Morgan fingerprint density at radius 1 is 1.12 bits per heavy atom. The van der Waals surface area contributed by atoms with Crippen LogP contribution in [-0.4, -0.2) is 34.3 Å². The van der Waals surface area contributed by atoms with Crippen LogP contribution in [0, 0.1) is 0 Å². The zero-order valence-corrected chi connectivity index (χ0v) is 13.3. The summed E-state index contributed by atoms with van der Waals surface area (Å²) in [6, 6.07) is 12.8. The first-order valence-electron chi connectivity index (χ1n) is 7.62. The molecule has 3 rings (SSSR count). The molecule has 0 bridgehead atoms. The second-order valence-corrected chi connectivity index (χ2v) is 5.18. The standard InChI is InChI=1S/C18H18N4O2/c1-24-16-4-2-15(3-5-16)18(23)20-11-13-22-12-8-17(21-22)14-6-9-19-10-7-14/h2-10,12H,11,13H2,1H3,(H,20,23). The predicted molar refractivity (Wildman–Crippen MR) is 90.8 cm³/mol. The number of carbonyl (C=O) groups excluding carboxylic acids is 1. The van der Waals surface area contributed by atoms with Gasteiger partial charge in [0, 0.05) is 36.3 Å². The van der Waals surface area contributed by atoms with Crippen molar-refractivity contribution in [3.05, 3.63) is 66.6 Å². The number of methoxy groups -OCH3 is 1. The maximum atomic E-state index is 12.1. The molecule has 3 aromatic rings. The van der Waals surface area contributed by atoms with E-state index in [4.69, 9.17) is 4.74 Å². The molecule has 1 N–H and O–H groups in total. The van der Waals surface area contributed by atoms with Gasteiger partial charge in [-0.1, -0.05) is 0 Å². The lowest BCUT2D eigenvalue weighted by Crippen LogP contribution is -2.27. The molecule has 2 heterocycles. The molecule has 1 amide bonds. The van der Waals surface area contributed by atoms with Crippen molar-refractivity contribution in [3.8, 4) is 17.0 Å². The summed E-state index contributed by atoms with van der Waals surface area (Å²) in [6.07, 6.45) is 5.38. The summed E-state index contributed by atoms with van der Waals surface area (Å²) in [6.45, 7) is 1.11. The fraction of sp³-hybridized carbons (Fsp3) is 0.167. The highest BCUT2D eigenvalue weighted by Gasteiger charge is 2.06. The van der Waals surface area contributed by atoms with E-state index in [1.54, 1.807) is 43.8 Å². The highest BCUT2D eigenvalue weighted by molar-refractivity contribution is 5.94. The summed E-state index contributed by atoms with van der Waals surface area (Å²) in [5, 5.41) is 7.38. The number of ether oxygens (including phenoxy) is 1. The molecule has 122 valence electrons. The van der Waals surface area contributed by atoms with Crippen molar-refractivity contribution in [2.75, 3.05) is 13.7 Å². The molecule has 0 aliphatic rings. The van der Waals surface area contributed by atoms with E-state index in [1.807, 2.05) is 29.1 Å². The van der Waals surface area contributed by atoms with Crippen molar-refractivity contribution in [1.29, 1.82) is 0 Å². The Labute approximate surface area is 140 Å². The lowest BCUT2D eigenvalue weighted by molar-refractivity contribution is 0.0952. The lowest BCUT2D eigenvalue weighted by Gasteiger charge is -2.06. The van der Waals surface area contributed by atoms with Crippen LogP contribution in [-0.2, 0) is 6.54 Å². The van der Waals surface area contributed by atoms with Crippen LogP contribution in [0.15, 0.2) is 61.1 Å². The lowest BCUT2D eigenvalue weighted by atomic mass is 10.2. The van der Waals surface area contributed by atoms with Crippen molar-refractivity contribution in [3.63, 3.8) is 0 Å². The highest BCUT2D eigenvalue weighted by atomic mass is 16.5. The molecule has 0 saturated carbocycles. The maximum absolute atomic E-state index is 12.1. The van der Waals surface area contributed by atoms with Crippen LogP contribution >= 0.6 is 0 Å². The molecule has 0 fully saturated rings. The number of amides is 1. The maximum Gasteiger partial charge on any atom is 0.251 e. The van der Waals surface area contributed by atoms with Gasteiger partial charge in [-0.2, -0.15) is 5.10 Å². The van der Waals surface area contributed by atoms with E-state index in [2.05, 4.69) is 15.4 Å². The van der Waals surface area contributed by atoms with Gasteiger partial charge in [0.1, 0.15) is 5.75 Å². The molecular formula is C18H18N4O2. The second-order valence-electron chi connectivity index (χ2n) is 5.18. The minimum absolute atomic E-state index is 0.112. The van der Waals surface area contributed by atoms with Gasteiger partial charge in [-0.05, 0) is 42.5 Å². The van der Waals surface area contributed by atoms with E-state index in [1.165, 1.54) is 0 Å². The Bertz CT molecular complexity index is 797. The van der Waals surface area contributed by atoms with E-state index in [9.17, 15) is 4.79 Å². The monoisotopic (exact) mass is 322 g/mol. The molecule has 2 aromatic heterocycles. The third-order valence-electron chi connectivity index (χ3n) is 3.60. The number of benzene rings is 1. The average Bonchev–Trinajstić information content (AvgIpc) is 3.11. The summed E-state index contributed by atoms with van der Waals surface area (Å²) in [5.74, 6) is 0.617. The van der Waals surface area contributed by atoms with Crippen molar-refractivity contribution < 1.29 is 9.53 Å². The largest absolute Gasteiger partial charge is 0.497 e. The number of pyridine rings is 1. The molecule has 0 radical (unpaired) electrons. The summed E-state index contributed by atoms with van der Waals surface area (Å²) < 4.78 is 6.89. The predicted octanol–water partition coefficient (Wildman–Crippen LogP) is 2.38. The minimum Gasteiger partial charge on any atom is -0.497 e. The number of rotatable bonds is 6. The second kappa shape index (κ2) is 7.41. The highest BCUT2D eigenvalue weighted by Crippen LogP contribution is 2.15. The third-order valence-corrected chi connectivity index (χ3v) is 3.60. The Kier molecular flexibility index (Phi) is 4.86. The minimum atomic E-state index is -0.112. The fourth-order valence-electron chi connectivity index (χ4n) is 2.29. The van der Waals surface area contributed by atoms with Crippen LogP contribution in [0.25, 0.3) is 11.3 Å². The Morgan fingerprint density at radius 2 is 1.88 bits per heavy atom. The summed E-state index contributed by atoms with van der Waals surface area (Å²) in [5.41, 5.74) is 2.51. The molecule has 6 heteroatoms. The van der Waals surface area contributed by atoms with E-state index in [0.29, 0.717) is 18.7 Å². The smallest absolute Gasteiger partial charge is 0.251 e. The first-order chi connectivity index (χ1) is 11.8. The molecular weight excluding hydrogens is 304 g/mol. The Hall–Kier alpha value is -3.15. The molecule has 6 nitrogen and oxygen atoms in total. The summed E-state index contributed by atoms with van der Waals surface area (Å²) in [7, 11) is 1.60. The fourth-order valence-corrected chi connectivity index (χ4v) is 2.29. The number of hydrogen-bond donors (Lipinski definition) is 1. The first kappa shape index (κ1) is 15.7. The van der Waals surface area contributed by atoms with Gasteiger partial charge >= 0.3 is 0 Å². The van der Waals surface area contributed by atoms with Crippen LogP contribution in [0.5, 0.6) is 5.75 Å². The van der Waals surface area contributed by atoms with Gasteiger partial charge in [-0.25, -0.2) is 0 Å². The number of hydrogen-bond acceptors (Lipinski definition) is 4. The van der Waals surface area contributed by atoms with Crippen molar-refractivity contribution in [1.82, 2.24) is 20.1 Å². The summed E-state index contributed by atoms with van der Waals surface area (Å²) in [4.78, 5) is 16.1. The van der Waals surface area contributed by atoms with Gasteiger partial charge < -0.3 is 10.1 Å². The molecule has 0 aliphatic heterocycles. The van der Waals surface area contributed by atoms with E-state index in [0.717, 1.165) is 17.0 Å². The van der Waals surface area contributed by atoms with Gasteiger partial charge in [0.15, 0.2) is 0 Å². The SMILES string of the molecule is COc1ccc(C(=O)NCCn2ccc(-c3ccncc3)n2)cc1. The van der Waals surface area contributed by atoms with Crippen molar-refractivity contribution in [2.24, 2.45) is 0 Å². The van der Waals surface area contributed by atoms with Gasteiger partial charge in [0.25, 0.3) is 5.91 Å². The molecule has 0 unspecified atom stereocenters. The van der Waals surface area contributed by atoms with Crippen molar-refractivity contribution >= 4 is 5.91 Å². The van der Waals surface area contributed by atoms with Gasteiger partial charge in [-0.3, -0.25) is 14.5 Å². The van der Waals surface area contributed by atoms with Crippen LogP contribution in [0.2, 0.25) is 0 Å². The molecule has 1 aromatic carbocycles. The number of nitrogens with one attached hydrogen (secondary N) is 1. The molecule has 0 aliphatic carbocycles. The number of nitrogens with zero attached hydrogens (tertiary/aromatic N) is 3. The van der Waals surface area contributed by atoms with Gasteiger partial charge in [-0.15, -0.1) is 0 Å². The average molecular weight is 322 g/mol. The number of aromatic nitrogens is 3. The molecule has 24 heavy (non-hydrogen) atoms. The van der Waals surface area contributed by atoms with Crippen LogP contribution in [0.1, 0.15) is 10.4 Å². The number of carbonyl (C=O) groups is 1. The quantitative estimate of drug-likeness (QED) is 0.756. The van der Waals surface area contributed by atoms with Crippen LogP contribution in [0.4, 0.5) is 0 Å². The normalized spacial score (nSPS) is 10.4. The molecule has 0 spiro atoms. The van der Waals surface area contributed by atoms with Crippen LogP contribution in [0.3, 0.4) is 0 Å². The zero-order chi connectivity index (χ0) is 16.8. The summed E-state index contributed by atoms with van der Waals surface area (Å²) >= 11 is 0. The Balaban J connectivity index is 1.53.